The third-order valence-electron chi connectivity index (χ3n) is 6.69. The maximum atomic E-state index is 13.7. The van der Waals surface area contributed by atoms with E-state index in [1.165, 1.54) is 24.3 Å². The monoisotopic (exact) mass is 641 g/mol. The molecule has 4 rings (SSSR count). The number of hydrogen-bond acceptors (Lipinski definition) is 4. The van der Waals surface area contributed by atoms with Crippen LogP contribution in [0.2, 0.25) is 5.02 Å². The van der Waals surface area contributed by atoms with E-state index < -0.39 is 48.7 Å². The maximum absolute atomic E-state index is 13.7. The zero-order valence-electron chi connectivity index (χ0n) is 23.1. The second-order valence-corrected chi connectivity index (χ2v) is 10.2. The molecule has 0 amide bonds. The van der Waals surface area contributed by atoms with E-state index in [4.69, 9.17) is 16.3 Å². The molecule has 234 valence electrons. The molecule has 0 bridgehead atoms. The first-order valence-electron chi connectivity index (χ1n) is 13.4. The number of aryl methyl sites for hydroxylation is 1. The molecule has 12 heteroatoms. The molecule has 0 spiro atoms. The molecule has 4 nitrogen and oxygen atoms in total. The predicted molar refractivity (Wildman–Crippen MR) is 152 cm³/mol. The highest BCUT2D eigenvalue weighted by Crippen LogP contribution is 2.36. The summed E-state index contributed by atoms with van der Waals surface area (Å²) in [5.41, 5.74) is 0.709. The quantitative estimate of drug-likeness (QED) is 0.151. The topological polar surface area (TPSA) is 50.7 Å². The summed E-state index contributed by atoms with van der Waals surface area (Å²) in [6.07, 6.45) is -12.8. The molecule has 0 saturated carbocycles. The lowest BCUT2D eigenvalue weighted by Crippen LogP contribution is -2.33. The van der Waals surface area contributed by atoms with E-state index >= 15 is 0 Å². The van der Waals surface area contributed by atoms with Gasteiger partial charge in [0.15, 0.2) is 0 Å². The summed E-state index contributed by atoms with van der Waals surface area (Å²) in [7, 11) is 0. The van der Waals surface area contributed by atoms with Crippen LogP contribution in [-0.4, -0.2) is 24.2 Å². The molecule has 0 aliphatic rings. The summed E-state index contributed by atoms with van der Waals surface area (Å²) in [4.78, 5) is 0. The molecule has 0 radical (unpaired) electrons. The van der Waals surface area contributed by atoms with Crippen molar-refractivity contribution in [3.63, 3.8) is 0 Å². The Labute approximate surface area is 254 Å². The van der Waals surface area contributed by atoms with Gasteiger partial charge in [0.2, 0.25) is 0 Å². The van der Waals surface area contributed by atoms with E-state index in [1.807, 2.05) is 6.92 Å². The number of rotatable bonds is 12. The molecule has 2 N–H and O–H groups in total. The Morgan fingerprint density at radius 2 is 1.36 bits per heavy atom. The van der Waals surface area contributed by atoms with Gasteiger partial charge in [-0.25, -0.2) is 0 Å². The van der Waals surface area contributed by atoms with E-state index in [9.17, 15) is 35.8 Å². The van der Waals surface area contributed by atoms with Gasteiger partial charge in [0.25, 0.3) is 0 Å². The Balaban J connectivity index is 1.75. The molecule has 0 aliphatic heterocycles. The van der Waals surface area contributed by atoms with E-state index in [0.29, 0.717) is 28.5 Å². The van der Waals surface area contributed by atoms with Gasteiger partial charge in [-0.15, -0.1) is 0 Å². The van der Waals surface area contributed by atoms with Crippen molar-refractivity contribution in [3.8, 4) is 17.2 Å². The maximum Gasteiger partial charge on any atom is 0.461 e. The van der Waals surface area contributed by atoms with Crippen molar-refractivity contribution in [2.75, 3.05) is 6.61 Å². The molecule has 44 heavy (non-hydrogen) atoms. The molecule has 0 aliphatic carbocycles. The number of nitrogens with one attached hydrogen (secondary N) is 1. The predicted octanol–water partition coefficient (Wildman–Crippen LogP) is 9.36. The van der Waals surface area contributed by atoms with Gasteiger partial charge in [0.05, 0.1) is 24.3 Å². The van der Waals surface area contributed by atoms with Crippen molar-refractivity contribution in [1.29, 1.82) is 0 Å². The first kappa shape index (κ1) is 33.1. The highest BCUT2D eigenvalue weighted by atomic mass is 35.5. The Bertz CT molecular complexity index is 1570. The van der Waals surface area contributed by atoms with E-state index in [1.54, 1.807) is 42.5 Å². The van der Waals surface area contributed by atoms with Crippen LogP contribution in [0.1, 0.15) is 46.8 Å². The molecule has 0 aromatic heterocycles. The Morgan fingerprint density at radius 1 is 0.773 bits per heavy atom. The summed E-state index contributed by atoms with van der Waals surface area (Å²) >= 11 is 6.21. The number of aliphatic hydroxyl groups excluding tert-OH is 1. The Kier molecular flexibility index (Phi) is 10.4. The van der Waals surface area contributed by atoms with Crippen LogP contribution >= 0.6 is 11.6 Å². The summed E-state index contributed by atoms with van der Waals surface area (Å²) in [6.45, 7) is 1.29. The van der Waals surface area contributed by atoms with E-state index in [-0.39, 0.29) is 11.1 Å². The van der Waals surface area contributed by atoms with Crippen LogP contribution in [0, 0.1) is 0 Å². The second-order valence-electron chi connectivity index (χ2n) is 9.78. The van der Waals surface area contributed by atoms with Crippen molar-refractivity contribution < 1.29 is 45.3 Å². The third kappa shape index (κ3) is 8.22. The van der Waals surface area contributed by atoms with Crippen LogP contribution < -0.4 is 14.8 Å². The number of halogens is 8. The molecule has 0 heterocycles. The molecule has 4 aromatic carbocycles. The summed E-state index contributed by atoms with van der Waals surface area (Å²) in [6, 6.07) is 19.0. The average molecular weight is 642 g/mol. The lowest BCUT2D eigenvalue weighted by Gasteiger charge is -2.27. The number of aliphatic hydroxyl groups is 1. The van der Waals surface area contributed by atoms with Crippen molar-refractivity contribution >= 4 is 11.6 Å². The smallest absolute Gasteiger partial charge is 0.457 e. The second kappa shape index (κ2) is 13.9. The molecule has 0 saturated heterocycles. The van der Waals surface area contributed by atoms with Crippen molar-refractivity contribution in [3.05, 3.63) is 124 Å². The average Bonchev–Trinajstić information content (AvgIpc) is 2.98. The highest BCUT2D eigenvalue weighted by molar-refractivity contribution is 6.31. The van der Waals surface area contributed by atoms with Gasteiger partial charge in [0.1, 0.15) is 17.2 Å². The van der Waals surface area contributed by atoms with Crippen molar-refractivity contribution in [2.45, 2.75) is 44.1 Å². The van der Waals surface area contributed by atoms with E-state index in [2.05, 4.69) is 10.1 Å². The van der Waals surface area contributed by atoms with Crippen LogP contribution in [0.15, 0.2) is 91.0 Å². The van der Waals surface area contributed by atoms with Crippen molar-refractivity contribution in [1.82, 2.24) is 5.32 Å². The van der Waals surface area contributed by atoms with Crippen LogP contribution in [0.5, 0.6) is 17.2 Å². The number of hydrogen-bond donors (Lipinski definition) is 2. The number of alkyl halides is 7. The van der Waals surface area contributed by atoms with Gasteiger partial charge in [0, 0.05) is 5.02 Å². The lowest BCUT2D eigenvalue weighted by atomic mass is 9.95. The number of ether oxygens (including phenoxy) is 2. The highest BCUT2D eigenvalue weighted by Gasteiger charge is 2.44. The van der Waals surface area contributed by atoms with Gasteiger partial charge < -0.3 is 14.6 Å². The number of benzene rings is 4. The van der Waals surface area contributed by atoms with Crippen LogP contribution in [0.3, 0.4) is 0 Å². The molecule has 4 aromatic rings. The molecule has 2 unspecified atom stereocenters. The minimum Gasteiger partial charge on any atom is -0.457 e. The summed E-state index contributed by atoms with van der Waals surface area (Å²) < 4.78 is 104. The van der Waals surface area contributed by atoms with Gasteiger partial charge in [-0.2, -0.15) is 30.7 Å². The Morgan fingerprint density at radius 3 is 1.98 bits per heavy atom. The van der Waals surface area contributed by atoms with Gasteiger partial charge in [-0.3, -0.25) is 5.32 Å². The van der Waals surface area contributed by atoms with Crippen LogP contribution in [0.4, 0.5) is 30.7 Å². The lowest BCUT2D eigenvalue weighted by molar-refractivity contribution is -0.253. The Hall–Kier alpha value is -3.80. The SMILES string of the molecule is CCc1cc(Oc2cccc(C(NC(CO)c3cccc(C(F)(F)F)c3)c3cccc(OC(F)(F)C(F)F)c3)c2)ccc1Cl. The largest absolute Gasteiger partial charge is 0.461 e. The summed E-state index contributed by atoms with van der Waals surface area (Å²) in [5.74, 6) is 0.268. The fourth-order valence-corrected chi connectivity index (χ4v) is 4.76. The zero-order chi connectivity index (χ0) is 32.1. The fourth-order valence-electron chi connectivity index (χ4n) is 4.51. The molecule has 2 atom stereocenters. The van der Waals surface area contributed by atoms with Gasteiger partial charge in [-0.05, 0) is 83.3 Å². The van der Waals surface area contributed by atoms with Gasteiger partial charge in [-0.1, -0.05) is 54.9 Å². The molecular formula is C32H27ClF7NO3. The fraction of sp³-hybridized carbons (Fsp3) is 0.250. The normalized spacial score (nSPS) is 13.5. The summed E-state index contributed by atoms with van der Waals surface area (Å²) in [5, 5.41) is 13.9. The molecule has 0 fully saturated rings. The van der Waals surface area contributed by atoms with Crippen molar-refractivity contribution in [2.24, 2.45) is 0 Å². The zero-order valence-corrected chi connectivity index (χ0v) is 23.8. The van der Waals surface area contributed by atoms with E-state index in [0.717, 1.165) is 29.8 Å². The first-order chi connectivity index (χ1) is 20.8. The standard InChI is InChI=1S/C32H27ClF7NO3/c1-2-19-15-25(12-13-27(19)33)43-24-10-4-7-21(16-24)29(22-8-5-11-26(17-22)44-32(39,40)30(34)35)41-28(18-42)20-6-3-9-23(14-20)31(36,37)38/h3-17,28-30,41-42H,2,18H2,1H3. The van der Waals surface area contributed by atoms with Crippen LogP contribution in [-0.2, 0) is 12.6 Å². The van der Waals surface area contributed by atoms with Crippen LogP contribution in [0.25, 0.3) is 0 Å². The third-order valence-corrected chi connectivity index (χ3v) is 7.06. The first-order valence-corrected chi connectivity index (χ1v) is 13.7. The van der Waals surface area contributed by atoms with Gasteiger partial charge >= 0.3 is 18.7 Å². The minimum atomic E-state index is -4.77. The minimum absolute atomic E-state index is 0.102. The molecular weight excluding hydrogens is 615 g/mol.